The van der Waals surface area contributed by atoms with Crippen LogP contribution in [0.15, 0.2) is 24.3 Å². The molecule has 0 aliphatic heterocycles. The summed E-state index contributed by atoms with van der Waals surface area (Å²) in [7, 11) is 0. The molecule has 0 rings (SSSR count). The maximum atomic E-state index is 3.78. The van der Waals surface area contributed by atoms with E-state index in [0.717, 1.165) is 17.3 Å². The fraction of sp³-hybridized carbons (Fsp3) is 0.429. The molecule has 0 aromatic rings. The van der Waals surface area contributed by atoms with Gasteiger partial charge < -0.3 is 0 Å². The Morgan fingerprint density at radius 3 is 2.75 bits per heavy atom. The maximum Gasteiger partial charge on any atom is 0.0277 e. The molecule has 0 radical (unpaired) electrons. The maximum absolute atomic E-state index is 3.78. The minimum Gasteiger partial charge on any atom is -0.0950 e. The highest BCUT2D eigenvalue weighted by atomic mass is 79.9. The van der Waals surface area contributed by atoms with Crippen molar-refractivity contribution in [3.05, 3.63) is 24.3 Å². The smallest absolute Gasteiger partial charge is 0.0277 e. The highest BCUT2D eigenvalue weighted by Crippen LogP contribution is 1.97. The Bertz CT molecular complexity index is 92.6. The second-order valence-corrected chi connectivity index (χ2v) is 2.16. The Kier molecular flexibility index (Phi) is 5.08. The summed E-state index contributed by atoms with van der Waals surface area (Å²) in [5.41, 5.74) is 1.13. The van der Waals surface area contributed by atoms with Gasteiger partial charge in [0.05, 0.1) is 0 Å². The van der Waals surface area contributed by atoms with E-state index in [1.807, 2.05) is 6.08 Å². The Balaban J connectivity index is 3.37. The molecule has 0 aromatic carbocycles. The van der Waals surface area contributed by atoms with Crippen molar-refractivity contribution in [2.24, 2.45) is 0 Å². The van der Waals surface area contributed by atoms with Gasteiger partial charge in [-0.2, -0.15) is 0 Å². The van der Waals surface area contributed by atoms with Gasteiger partial charge in [-0.05, 0) is 12.0 Å². The summed E-state index contributed by atoms with van der Waals surface area (Å²) in [5.74, 6) is 0. The topological polar surface area (TPSA) is 0 Å². The molecule has 0 aliphatic rings. The highest BCUT2D eigenvalue weighted by molar-refractivity contribution is 9.09. The predicted molar refractivity (Wildman–Crippen MR) is 42.4 cm³/mol. The monoisotopic (exact) mass is 174 g/mol. The minimum absolute atomic E-state index is 0.878. The van der Waals surface area contributed by atoms with Gasteiger partial charge in [-0.3, -0.25) is 0 Å². The lowest BCUT2D eigenvalue weighted by molar-refractivity contribution is 1.22. The fourth-order valence-corrected chi connectivity index (χ4v) is 0.516. The molecule has 0 N–H and O–H groups in total. The molecule has 1 heteroatoms. The van der Waals surface area contributed by atoms with E-state index in [4.69, 9.17) is 0 Å². The normalized spacial score (nSPS) is 10.2. The van der Waals surface area contributed by atoms with Gasteiger partial charge >= 0.3 is 0 Å². The molecule has 0 fully saturated rings. The van der Waals surface area contributed by atoms with Crippen molar-refractivity contribution in [2.75, 3.05) is 5.33 Å². The van der Waals surface area contributed by atoms with Gasteiger partial charge in [0, 0.05) is 5.33 Å². The van der Waals surface area contributed by atoms with Crippen LogP contribution in [0.5, 0.6) is 0 Å². The summed E-state index contributed by atoms with van der Waals surface area (Å²) in [6.45, 7) is 5.89. The first-order chi connectivity index (χ1) is 3.81. The molecule has 0 heterocycles. The molecular formula is C7H11Br. The van der Waals surface area contributed by atoms with E-state index in [9.17, 15) is 0 Å². The quantitative estimate of drug-likeness (QED) is 0.457. The molecule has 0 aliphatic carbocycles. The van der Waals surface area contributed by atoms with Crippen LogP contribution in [0.1, 0.15) is 13.3 Å². The van der Waals surface area contributed by atoms with Crippen LogP contribution < -0.4 is 0 Å². The van der Waals surface area contributed by atoms with Gasteiger partial charge in [0.2, 0.25) is 0 Å². The van der Waals surface area contributed by atoms with Crippen LogP contribution in [-0.2, 0) is 0 Å². The number of alkyl halides is 1. The number of rotatable bonds is 3. The van der Waals surface area contributed by atoms with Gasteiger partial charge in [0.15, 0.2) is 0 Å². The molecule has 8 heavy (non-hydrogen) atoms. The zero-order valence-corrected chi connectivity index (χ0v) is 6.74. The Morgan fingerprint density at radius 2 is 2.38 bits per heavy atom. The molecule has 0 atom stereocenters. The Labute approximate surface area is 59.4 Å². The van der Waals surface area contributed by atoms with Crippen molar-refractivity contribution < 1.29 is 0 Å². The predicted octanol–water partition coefficient (Wildman–Crippen LogP) is 2.90. The Morgan fingerprint density at radius 1 is 1.75 bits per heavy atom. The fourth-order valence-electron chi connectivity index (χ4n) is 0.329. The van der Waals surface area contributed by atoms with E-state index in [1.54, 1.807) is 0 Å². The molecule has 46 valence electrons. The van der Waals surface area contributed by atoms with Crippen LogP contribution in [0.25, 0.3) is 0 Å². The van der Waals surface area contributed by atoms with Crippen molar-refractivity contribution in [1.82, 2.24) is 0 Å². The van der Waals surface area contributed by atoms with Crippen LogP contribution in [0.4, 0.5) is 0 Å². The average Bonchev–Trinajstić information content (AvgIpc) is 1.83. The van der Waals surface area contributed by atoms with Crippen molar-refractivity contribution in [1.29, 1.82) is 0 Å². The van der Waals surface area contributed by atoms with Gasteiger partial charge in [-0.25, -0.2) is 0 Å². The van der Waals surface area contributed by atoms with Crippen LogP contribution >= 0.6 is 15.9 Å². The zero-order valence-electron chi connectivity index (χ0n) is 5.15. The summed E-state index contributed by atoms with van der Waals surface area (Å²) >= 11 is 3.29. The van der Waals surface area contributed by atoms with Gasteiger partial charge in [0.1, 0.15) is 0 Å². The van der Waals surface area contributed by atoms with E-state index >= 15 is 0 Å². The first-order valence-corrected chi connectivity index (χ1v) is 3.83. The van der Waals surface area contributed by atoms with Crippen LogP contribution in [0, 0.1) is 0 Å². The largest absolute Gasteiger partial charge is 0.0950 e. The lowest BCUT2D eigenvalue weighted by Crippen LogP contribution is -1.71. The molecule has 0 spiro atoms. The Hall–Kier alpha value is -0.0400. The molecule has 0 amide bonds. The van der Waals surface area contributed by atoms with Gasteiger partial charge in [-0.15, -0.1) is 0 Å². The first kappa shape index (κ1) is 7.96. The summed E-state index contributed by atoms with van der Waals surface area (Å²) < 4.78 is 0. The molecule has 0 aromatic heterocycles. The molecule has 0 saturated heterocycles. The van der Waals surface area contributed by atoms with E-state index in [-0.39, 0.29) is 0 Å². The molecule has 0 saturated carbocycles. The van der Waals surface area contributed by atoms with Crippen LogP contribution in [-0.4, -0.2) is 5.33 Å². The molecule has 0 unspecified atom stereocenters. The van der Waals surface area contributed by atoms with E-state index in [1.165, 1.54) is 0 Å². The van der Waals surface area contributed by atoms with Crippen molar-refractivity contribution in [2.45, 2.75) is 13.3 Å². The average molecular weight is 175 g/mol. The van der Waals surface area contributed by atoms with Crippen molar-refractivity contribution in [3.8, 4) is 0 Å². The SMILES string of the molecule is C=C(/C=C\CC)CBr. The lowest BCUT2D eigenvalue weighted by Gasteiger charge is -1.86. The van der Waals surface area contributed by atoms with E-state index in [2.05, 4.69) is 35.5 Å². The van der Waals surface area contributed by atoms with Gasteiger partial charge in [-0.1, -0.05) is 41.6 Å². The molecule has 0 nitrogen and oxygen atoms in total. The number of hydrogen-bond donors (Lipinski definition) is 0. The summed E-state index contributed by atoms with van der Waals surface area (Å²) in [4.78, 5) is 0. The summed E-state index contributed by atoms with van der Waals surface area (Å²) in [5, 5.41) is 0.878. The van der Waals surface area contributed by atoms with Crippen molar-refractivity contribution >= 4 is 15.9 Å². The van der Waals surface area contributed by atoms with Crippen LogP contribution in [0.2, 0.25) is 0 Å². The standard InChI is InChI=1S/C7H11Br/c1-3-4-5-7(2)6-8/h4-5H,2-3,6H2,1H3/b5-4-. The molecule has 0 bridgehead atoms. The van der Waals surface area contributed by atoms with Crippen molar-refractivity contribution in [3.63, 3.8) is 0 Å². The first-order valence-electron chi connectivity index (χ1n) is 2.71. The third kappa shape index (κ3) is 4.13. The van der Waals surface area contributed by atoms with E-state index in [0.29, 0.717) is 0 Å². The van der Waals surface area contributed by atoms with Crippen LogP contribution in [0.3, 0.4) is 0 Å². The summed E-state index contributed by atoms with van der Waals surface area (Å²) in [6, 6.07) is 0. The highest BCUT2D eigenvalue weighted by Gasteiger charge is 1.78. The van der Waals surface area contributed by atoms with Gasteiger partial charge in [0.25, 0.3) is 0 Å². The van der Waals surface area contributed by atoms with E-state index < -0.39 is 0 Å². The number of allylic oxidation sites excluding steroid dienone is 3. The molecular weight excluding hydrogens is 164 g/mol. The second-order valence-electron chi connectivity index (χ2n) is 1.60. The number of halogens is 1. The minimum atomic E-state index is 0.878. The third-order valence-corrected chi connectivity index (χ3v) is 1.48. The lowest BCUT2D eigenvalue weighted by atomic mass is 10.3. The second kappa shape index (κ2) is 5.10. The summed E-state index contributed by atoms with van der Waals surface area (Å²) in [6.07, 6.45) is 5.23. The number of hydrogen-bond acceptors (Lipinski definition) is 0. The third-order valence-electron chi connectivity index (χ3n) is 0.761. The zero-order chi connectivity index (χ0) is 6.41.